The summed E-state index contributed by atoms with van der Waals surface area (Å²) in [6, 6.07) is 4.36. The van der Waals surface area contributed by atoms with Gasteiger partial charge in [-0.15, -0.1) is 0 Å². The largest absolute Gasteiger partial charge is 0.370 e. The van der Waals surface area contributed by atoms with E-state index in [1.54, 1.807) is 0 Å². The minimum Gasteiger partial charge on any atom is -0.370 e. The van der Waals surface area contributed by atoms with Crippen LogP contribution < -0.4 is 5.32 Å². The SMILES string of the molecule is CCNc1ccc(Cl)c(CN(C)C(C)CC)n1. The van der Waals surface area contributed by atoms with Gasteiger partial charge in [-0.2, -0.15) is 0 Å². The molecule has 1 unspecified atom stereocenters. The Hall–Kier alpha value is -0.800. The smallest absolute Gasteiger partial charge is 0.126 e. The average molecular weight is 256 g/mol. The lowest BCUT2D eigenvalue weighted by Gasteiger charge is -2.23. The Labute approximate surface area is 109 Å². The Bertz CT molecular complexity index is 355. The van der Waals surface area contributed by atoms with Crippen molar-refractivity contribution in [2.75, 3.05) is 18.9 Å². The normalized spacial score (nSPS) is 12.8. The lowest BCUT2D eigenvalue weighted by molar-refractivity contribution is 0.241. The number of pyridine rings is 1. The van der Waals surface area contributed by atoms with Crippen LogP contribution in [0, 0.1) is 0 Å². The molecule has 17 heavy (non-hydrogen) atoms. The van der Waals surface area contributed by atoms with Crippen LogP contribution in [0.5, 0.6) is 0 Å². The van der Waals surface area contributed by atoms with Crippen molar-refractivity contribution in [1.82, 2.24) is 9.88 Å². The van der Waals surface area contributed by atoms with Crippen molar-refractivity contribution in [2.24, 2.45) is 0 Å². The maximum absolute atomic E-state index is 6.17. The van der Waals surface area contributed by atoms with Gasteiger partial charge in [0.2, 0.25) is 0 Å². The fraction of sp³-hybridized carbons (Fsp3) is 0.615. The van der Waals surface area contributed by atoms with E-state index in [2.05, 4.69) is 43.0 Å². The molecule has 0 bridgehead atoms. The molecule has 1 rings (SSSR count). The Morgan fingerprint density at radius 1 is 1.41 bits per heavy atom. The van der Waals surface area contributed by atoms with Gasteiger partial charge in [-0.25, -0.2) is 4.98 Å². The Kier molecular flexibility index (Phi) is 5.72. The molecule has 0 amide bonds. The molecule has 0 aromatic carbocycles. The van der Waals surface area contributed by atoms with Crippen LogP contribution in [-0.4, -0.2) is 29.5 Å². The highest BCUT2D eigenvalue weighted by atomic mass is 35.5. The first kappa shape index (κ1) is 14.3. The maximum atomic E-state index is 6.17. The Balaban J connectivity index is 2.78. The summed E-state index contributed by atoms with van der Waals surface area (Å²) in [6.45, 7) is 8.11. The Morgan fingerprint density at radius 3 is 2.71 bits per heavy atom. The third-order valence-corrected chi connectivity index (χ3v) is 3.36. The summed E-state index contributed by atoms with van der Waals surface area (Å²) in [6.07, 6.45) is 1.13. The molecule has 0 aliphatic heterocycles. The van der Waals surface area contributed by atoms with Gasteiger partial charge in [-0.05, 0) is 39.4 Å². The predicted molar refractivity (Wildman–Crippen MR) is 74.6 cm³/mol. The maximum Gasteiger partial charge on any atom is 0.126 e. The van der Waals surface area contributed by atoms with E-state index in [9.17, 15) is 0 Å². The molecule has 0 spiro atoms. The quantitative estimate of drug-likeness (QED) is 0.845. The van der Waals surface area contributed by atoms with E-state index < -0.39 is 0 Å². The first-order chi connectivity index (χ1) is 8.08. The second kappa shape index (κ2) is 6.82. The minimum absolute atomic E-state index is 0.538. The summed E-state index contributed by atoms with van der Waals surface area (Å²) in [5, 5.41) is 3.94. The molecule has 3 nitrogen and oxygen atoms in total. The minimum atomic E-state index is 0.538. The molecule has 1 atom stereocenters. The highest BCUT2D eigenvalue weighted by Crippen LogP contribution is 2.19. The monoisotopic (exact) mass is 255 g/mol. The Morgan fingerprint density at radius 2 is 2.12 bits per heavy atom. The zero-order valence-corrected chi connectivity index (χ0v) is 11.9. The topological polar surface area (TPSA) is 28.2 Å². The van der Waals surface area contributed by atoms with Gasteiger partial charge in [-0.3, -0.25) is 4.90 Å². The van der Waals surface area contributed by atoms with Crippen LogP contribution in [0.25, 0.3) is 0 Å². The van der Waals surface area contributed by atoms with E-state index in [1.165, 1.54) is 0 Å². The van der Waals surface area contributed by atoms with E-state index in [4.69, 9.17) is 11.6 Å². The number of anilines is 1. The lowest BCUT2D eigenvalue weighted by Crippen LogP contribution is -2.28. The van der Waals surface area contributed by atoms with Gasteiger partial charge in [-0.1, -0.05) is 18.5 Å². The fourth-order valence-electron chi connectivity index (χ4n) is 1.58. The lowest BCUT2D eigenvalue weighted by atomic mass is 10.2. The van der Waals surface area contributed by atoms with Crippen LogP contribution in [0.15, 0.2) is 12.1 Å². The number of halogens is 1. The zero-order valence-electron chi connectivity index (χ0n) is 11.1. The first-order valence-corrected chi connectivity index (χ1v) is 6.55. The third kappa shape index (κ3) is 4.17. The van der Waals surface area contributed by atoms with Gasteiger partial charge >= 0.3 is 0 Å². The van der Waals surface area contributed by atoms with Crippen LogP contribution in [0.2, 0.25) is 5.02 Å². The van der Waals surface area contributed by atoms with Crippen molar-refractivity contribution in [3.05, 3.63) is 22.8 Å². The van der Waals surface area contributed by atoms with Crippen LogP contribution in [-0.2, 0) is 6.54 Å². The molecule has 1 aromatic rings. The second-order valence-corrected chi connectivity index (χ2v) is 4.73. The number of nitrogens with one attached hydrogen (secondary N) is 1. The fourth-order valence-corrected chi connectivity index (χ4v) is 1.74. The second-order valence-electron chi connectivity index (χ2n) is 4.33. The molecule has 96 valence electrons. The molecule has 0 fully saturated rings. The molecule has 0 saturated carbocycles. The molecule has 0 saturated heterocycles. The number of hydrogen-bond donors (Lipinski definition) is 1. The number of rotatable bonds is 6. The molecular weight excluding hydrogens is 234 g/mol. The van der Waals surface area contributed by atoms with E-state index in [0.29, 0.717) is 6.04 Å². The van der Waals surface area contributed by atoms with Crippen molar-refractivity contribution in [3.8, 4) is 0 Å². The number of aromatic nitrogens is 1. The highest BCUT2D eigenvalue weighted by molar-refractivity contribution is 6.31. The van der Waals surface area contributed by atoms with Crippen molar-refractivity contribution in [3.63, 3.8) is 0 Å². The summed E-state index contributed by atoms with van der Waals surface area (Å²) in [5.74, 6) is 0.893. The molecular formula is C13H22ClN3. The standard InChI is InChI=1S/C13H22ClN3/c1-5-10(3)17(4)9-12-11(14)7-8-13(16-12)15-6-2/h7-8,10H,5-6,9H2,1-4H3,(H,15,16). The predicted octanol–water partition coefficient (Wildman–Crippen LogP) is 3.40. The zero-order chi connectivity index (χ0) is 12.8. The summed E-state index contributed by atoms with van der Waals surface area (Å²) >= 11 is 6.17. The van der Waals surface area contributed by atoms with Crippen LogP contribution >= 0.6 is 11.6 Å². The summed E-state index contributed by atoms with van der Waals surface area (Å²) in [5.41, 5.74) is 0.938. The number of hydrogen-bond acceptors (Lipinski definition) is 3. The van der Waals surface area contributed by atoms with Gasteiger partial charge < -0.3 is 5.32 Å². The summed E-state index contributed by atoms with van der Waals surface area (Å²) in [7, 11) is 2.10. The van der Waals surface area contributed by atoms with Crippen molar-refractivity contribution in [1.29, 1.82) is 0 Å². The first-order valence-electron chi connectivity index (χ1n) is 6.18. The van der Waals surface area contributed by atoms with Gasteiger partial charge in [0.1, 0.15) is 5.82 Å². The average Bonchev–Trinajstić information content (AvgIpc) is 2.32. The number of nitrogens with zero attached hydrogens (tertiary/aromatic N) is 2. The van der Waals surface area contributed by atoms with Gasteiger partial charge in [0, 0.05) is 19.1 Å². The molecule has 1 aromatic heterocycles. The third-order valence-electron chi connectivity index (χ3n) is 3.02. The molecule has 0 aliphatic carbocycles. The van der Waals surface area contributed by atoms with Crippen molar-refractivity contribution >= 4 is 17.4 Å². The van der Waals surface area contributed by atoms with E-state index >= 15 is 0 Å². The van der Waals surface area contributed by atoms with Crippen LogP contribution in [0.3, 0.4) is 0 Å². The van der Waals surface area contributed by atoms with Crippen LogP contribution in [0.4, 0.5) is 5.82 Å². The summed E-state index contributed by atoms with van der Waals surface area (Å²) in [4.78, 5) is 6.80. The van der Waals surface area contributed by atoms with E-state index in [-0.39, 0.29) is 0 Å². The van der Waals surface area contributed by atoms with Crippen molar-refractivity contribution < 1.29 is 0 Å². The van der Waals surface area contributed by atoms with E-state index in [1.807, 2.05) is 12.1 Å². The molecule has 0 radical (unpaired) electrons. The van der Waals surface area contributed by atoms with Gasteiger partial charge in [0.15, 0.2) is 0 Å². The highest BCUT2D eigenvalue weighted by Gasteiger charge is 2.11. The molecule has 0 aliphatic rings. The van der Waals surface area contributed by atoms with Gasteiger partial charge in [0.05, 0.1) is 10.7 Å². The van der Waals surface area contributed by atoms with Gasteiger partial charge in [0.25, 0.3) is 0 Å². The molecule has 1 N–H and O–H groups in total. The van der Waals surface area contributed by atoms with Crippen molar-refractivity contribution in [2.45, 2.75) is 39.8 Å². The molecule has 4 heteroatoms. The summed E-state index contributed by atoms with van der Waals surface area (Å²) < 4.78 is 0. The van der Waals surface area contributed by atoms with Crippen LogP contribution in [0.1, 0.15) is 32.9 Å². The molecule has 1 heterocycles. The van der Waals surface area contributed by atoms with E-state index in [0.717, 1.165) is 36.0 Å².